The Balaban J connectivity index is 1.72. The number of hydrogen-bond acceptors (Lipinski definition) is 6. The molecule has 0 atom stereocenters. The third kappa shape index (κ3) is 5.29. The van der Waals surface area contributed by atoms with E-state index in [1.165, 1.54) is 12.0 Å². The predicted octanol–water partition coefficient (Wildman–Crippen LogP) is 5.25. The van der Waals surface area contributed by atoms with Gasteiger partial charge in [-0.15, -0.1) is 0 Å². The Morgan fingerprint density at radius 2 is 1.90 bits per heavy atom. The number of halogens is 1. The van der Waals surface area contributed by atoms with Gasteiger partial charge in [-0.25, -0.2) is 0 Å². The summed E-state index contributed by atoms with van der Waals surface area (Å²) < 4.78 is 16.7. The predicted molar refractivity (Wildman–Crippen MR) is 118 cm³/mol. The molecule has 6 nitrogen and oxygen atoms in total. The van der Waals surface area contributed by atoms with Crippen molar-refractivity contribution in [2.45, 2.75) is 20.0 Å². The van der Waals surface area contributed by atoms with Crippen LogP contribution in [0.5, 0.6) is 17.2 Å². The largest absolute Gasteiger partial charge is 0.493 e. The van der Waals surface area contributed by atoms with E-state index in [1.807, 2.05) is 44.2 Å². The summed E-state index contributed by atoms with van der Waals surface area (Å²) in [7, 11) is 1.52. The highest BCUT2D eigenvalue weighted by molar-refractivity contribution is 8.18. The number of imide groups is 1. The summed E-state index contributed by atoms with van der Waals surface area (Å²) in [5.74, 6) is 1.22. The Morgan fingerprint density at radius 3 is 2.57 bits per heavy atom. The molecular weight excluding hydrogens is 426 g/mol. The van der Waals surface area contributed by atoms with Crippen molar-refractivity contribution in [2.24, 2.45) is 0 Å². The first kappa shape index (κ1) is 22.1. The van der Waals surface area contributed by atoms with Crippen LogP contribution in [0.4, 0.5) is 4.79 Å². The zero-order valence-electron chi connectivity index (χ0n) is 16.9. The van der Waals surface area contributed by atoms with Gasteiger partial charge in [0.15, 0.2) is 11.5 Å². The number of methoxy groups -OCH3 is 1. The van der Waals surface area contributed by atoms with E-state index in [4.69, 9.17) is 25.8 Å². The fraction of sp³-hybridized carbons (Fsp3) is 0.273. The van der Waals surface area contributed by atoms with Gasteiger partial charge in [-0.1, -0.05) is 29.8 Å². The van der Waals surface area contributed by atoms with Crippen molar-refractivity contribution in [3.8, 4) is 17.2 Å². The summed E-state index contributed by atoms with van der Waals surface area (Å²) in [5.41, 5.74) is 0.638. The smallest absolute Gasteiger partial charge is 0.293 e. The van der Waals surface area contributed by atoms with E-state index in [9.17, 15) is 9.59 Å². The second-order valence-electron chi connectivity index (χ2n) is 6.70. The molecule has 0 aromatic heterocycles. The zero-order chi connectivity index (χ0) is 21.7. The molecule has 2 amide bonds. The van der Waals surface area contributed by atoms with E-state index in [0.717, 1.165) is 11.8 Å². The third-order valence-electron chi connectivity index (χ3n) is 4.10. The molecule has 1 aliphatic rings. The Morgan fingerprint density at radius 1 is 1.17 bits per heavy atom. The van der Waals surface area contributed by atoms with E-state index < -0.39 is 0 Å². The topological polar surface area (TPSA) is 65.1 Å². The number of amides is 2. The molecule has 0 unspecified atom stereocenters. The Bertz CT molecular complexity index is 962. The van der Waals surface area contributed by atoms with Crippen molar-refractivity contribution in [1.29, 1.82) is 0 Å². The molecule has 2 aromatic carbocycles. The van der Waals surface area contributed by atoms with Crippen LogP contribution in [0.15, 0.2) is 47.4 Å². The summed E-state index contributed by atoms with van der Waals surface area (Å²) in [6.45, 7) is 4.17. The van der Waals surface area contributed by atoms with Crippen molar-refractivity contribution < 1.29 is 23.8 Å². The van der Waals surface area contributed by atoms with Crippen LogP contribution in [-0.4, -0.2) is 42.4 Å². The van der Waals surface area contributed by atoms with Crippen molar-refractivity contribution in [3.63, 3.8) is 0 Å². The molecule has 0 spiro atoms. The number of thioether (sulfide) groups is 1. The molecule has 0 N–H and O–H groups in total. The molecular formula is C22H22ClNO5S. The van der Waals surface area contributed by atoms with Gasteiger partial charge in [0, 0.05) is 0 Å². The van der Waals surface area contributed by atoms with Crippen LogP contribution in [0.3, 0.4) is 0 Å². The molecule has 0 aliphatic carbocycles. The number of rotatable bonds is 8. The van der Waals surface area contributed by atoms with Crippen molar-refractivity contribution in [1.82, 2.24) is 4.90 Å². The molecule has 2 aromatic rings. The van der Waals surface area contributed by atoms with Crippen LogP contribution >= 0.6 is 23.4 Å². The standard InChI is InChI=1S/C22H22ClNO5S/c1-14(2)29-20-17(23)11-15(12-18(20)27-3)13-19-21(25)24(22(26)30-19)9-10-28-16-7-5-4-6-8-16/h4-8,11-14H,9-10H2,1-3H3/b19-13-. The SMILES string of the molecule is COc1cc(/C=C2\SC(=O)N(CCOc3ccccc3)C2=O)cc(Cl)c1OC(C)C. The first-order valence-corrected chi connectivity index (χ1v) is 10.6. The summed E-state index contributed by atoms with van der Waals surface area (Å²) in [6, 6.07) is 12.6. The maximum absolute atomic E-state index is 12.7. The van der Waals surface area contributed by atoms with Gasteiger partial charge in [0.2, 0.25) is 0 Å². The summed E-state index contributed by atoms with van der Waals surface area (Å²) in [4.78, 5) is 26.5. The number of ether oxygens (including phenoxy) is 3. The van der Waals surface area contributed by atoms with Crippen LogP contribution in [-0.2, 0) is 4.79 Å². The van der Waals surface area contributed by atoms with Gasteiger partial charge in [0.1, 0.15) is 12.4 Å². The number of carbonyl (C=O) groups is 2. The molecule has 1 aliphatic heterocycles. The van der Waals surface area contributed by atoms with E-state index in [1.54, 1.807) is 18.2 Å². The Labute approximate surface area is 184 Å². The molecule has 0 bridgehead atoms. The van der Waals surface area contributed by atoms with Crippen LogP contribution < -0.4 is 14.2 Å². The fourth-order valence-electron chi connectivity index (χ4n) is 2.79. The second-order valence-corrected chi connectivity index (χ2v) is 8.10. The van der Waals surface area contributed by atoms with Gasteiger partial charge >= 0.3 is 0 Å². The molecule has 8 heteroatoms. The maximum Gasteiger partial charge on any atom is 0.293 e. The minimum atomic E-state index is -0.362. The Hall–Kier alpha value is -2.64. The lowest BCUT2D eigenvalue weighted by atomic mass is 10.1. The third-order valence-corrected chi connectivity index (χ3v) is 5.29. The van der Waals surface area contributed by atoms with Gasteiger partial charge in [0.25, 0.3) is 11.1 Å². The van der Waals surface area contributed by atoms with Crippen LogP contribution in [0.25, 0.3) is 6.08 Å². The summed E-state index contributed by atoms with van der Waals surface area (Å²) in [6.07, 6.45) is 1.55. The zero-order valence-corrected chi connectivity index (χ0v) is 18.5. The second kappa shape index (κ2) is 9.91. The quantitative estimate of drug-likeness (QED) is 0.515. The number of para-hydroxylation sites is 1. The van der Waals surface area contributed by atoms with E-state index >= 15 is 0 Å². The number of hydrogen-bond donors (Lipinski definition) is 0. The molecule has 1 saturated heterocycles. The number of benzene rings is 2. The summed E-state index contributed by atoms with van der Waals surface area (Å²) >= 11 is 7.23. The van der Waals surface area contributed by atoms with Crippen LogP contribution in [0.1, 0.15) is 19.4 Å². The first-order chi connectivity index (χ1) is 14.4. The fourth-order valence-corrected chi connectivity index (χ4v) is 3.92. The number of nitrogens with zero attached hydrogens (tertiary/aromatic N) is 1. The monoisotopic (exact) mass is 447 g/mol. The molecule has 30 heavy (non-hydrogen) atoms. The Kier molecular flexibility index (Phi) is 7.29. The van der Waals surface area contributed by atoms with Gasteiger partial charge in [0.05, 0.1) is 29.7 Å². The normalized spacial score (nSPS) is 15.2. The molecule has 0 radical (unpaired) electrons. The molecule has 3 rings (SSSR count). The summed E-state index contributed by atoms with van der Waals surface area (Å²) in [5, 5.41) is 0.0329. The van der Waals surface area contributed by atoms with Gasteiger partial charge in [-0.3, -0.25) is 14.5 Å². The lowest BCUT2D eigenvalue weighted by molar-refractivity contribution is -0.123. The molecule has 1 heterocycles. The highest BCUT2D eigenvalue weighted by Crippen LogP contribution is 2.39. The first-order valence-electron chi connectivity index (χ1n) is 9.36. The molecule has 0 saturated carbocycles. The average molecular weight is 448 g/mol. The van der Waals surface area contributed by atoms with Gasteiger partial charge in [-0.2, -0.15) is 0 Å². The number of carbonyl (C=O) groups excluding carboxylic acids is 2. The highest BCUT2D eigenvalue weighted by atomic mass is 35.5. The van der Waals surface area contributed by atoms with Crippen molar-refractivity contribution >= 4 is 40.6 Å². The minimum Gasteiger partial charge on any atom is -0.493 e. The lowest BCUT2D eigenvalue weighted by Gasteiger charge is -2.15. The van der Waals surface area contributed by atoms with E-state index in [0.29, 0.717) is 32.7 Å². The van der Waals surface area contributed by atoms with Gasteiger partial charge in [-0.05, 0) is 61.5 Å². The van der Waals surface area contributed by atoms with Gasteiger partial charge < -0.3 is 14.2 Å². The molecule has 158 valence electrons. The van der Waals surface area contributed by atoms with Crippen LogP contribution in [0, 0.1) is 0 Å². The van der Waals surface area contributed by atoms with E-state index in [2.05, 4.69) is 0 Å². The highest BCUT2D eigenvalue weighted by Gasteiger charge is 2.34. The molecule has 1 fully saturated rings. The average Bonchev–Trinajstić information content (AvgIpc) is 2.97. The van der Waals surface area contributed by atoms with E-state index in [-0.39, 0.29) is 30.4 Å². The van der Waals surface area contributed by atoms with Crippen molar-refractivity contribution in [2.75, 3.05) is 20.3 Å². The maximum atomic E-state index is 12.7. The lowest BCUT2D eigenvalue weighted by Crippen LogP contribution is -2.32. The van der Waals surface area contributed by atoms with Crippen molar-refractivity contribution in [3.05, 3.63) is 58.0 Å². The van der Waals surface area contributed by atoms with Crippen LogP contribution in [0.2, 0.25) is 5.02 Å². The minimum absolute atomic E-state index is 0.0724.